The minimum Gasteiger partial charge on any atom is -0.364 e. The molecule has 130 valence electrons. The van der Waals surface area contributed by atoms with Gasteiger partial charge >= 0.3 is 0 Å². The van der Waals surface area contributed by atoms with Crippen LogP contribution in [0, 0.1) is 5.92 Å². The number of nitrogens with two attached hydrogens (primary N) is 1. The Kier molecular flexibility index (Phi) is 9.14. The third kappa shape index (κ3) is 6.42. The van der Waals surface area contributed by atoms with E-state index in [1.54, 1.807) is 0 Å². The largest absolute Gasteiger partial charge is 0.364 e. The van der Waals surface area contributed by atoms with E-state index in [0.717, 1.165) is 30.2 Å². The van der Waals surface area contributed by atoms with E-state index in [1.807, 2.05) is 12.1 Å². The summed E-state index contributed by atoms with van der Waals surface area (Å²) in [5.41, 5.74) is 6.87. The Morgan fingerprint density at radius 1 is 1.48 bits per heavy atom. The number of halogens is 2. The molecule has 3 N–H and O–H groups in total. The third-order valence-electron chi connectivity index (χ3n) is 4.22. The zero-order valence-corrected chi connectivity index (χ0v) is 15.9. The minimum atomic E-state index is -0.322. The van der Waals surface area contributed by atoms with Crippen molar-refractivity contribution in [1.82, 2.24) is 5.32 Å². The Morgan fingerprint density at radius 3 is 2.87 bits per heavy atom. The average Bonchev–Trinajstić information content (AvgIpc) is 3.00. The van der Waals surface area contributed by atoms with Gasteiger partial charge in [-0.2, -0.15) is 0 Å². The summed E-state index contributed by atoms with van der Waals surface area (Å²) in [6.07, 6.45) is 3.37. The van der Waals surface area contributed by atoms with Crippen LogP contribution in [0.15, 0.2) is 28.7 Å². The van der Waals surface area contributed by atoms with Crippen LogP contribution in [0.4, 0.5) is 0 Å². The van der Waals surface area contributed by atoms with E-state index in [1.165, 1.54) is 5.56 Å². The highest BCUT2D eigenvalue weighted by Crippen LogP contribution is 2.20. The molecule has 0 aromatic heterocycles. The fourth-order valence-electron chi connectivity index (χ4n) is 2.79. The van der Waals surface area contributed by atoms with Crippen LogP contribution >= 0.6 is 28.3 Å². The average molecular weight is 406 g/mol. The quantitative estimate of drug-likeness (QED) is 0.733. The van der Waals surface area contributed by atoms with Gasteiger partial charge in [-0.05, 0) is 42.9 Å². The molecule has 4 nitrogen and oxygen atoms in total. The summed E-state index contributed by atoms with van der Waals surface area (Å²) in [5.74, 6) is 0.439. The molecule has 1 fully saturated rings. The molecule has 0 saturated carbocycles. The van der Waals surface area contributed by atoms with Crippen molar-refractivity contribution >= 4 is 34.2 Å². The number of carbonyl (C=O) groups is 1. The highest BCUT2D eigenvalue weighted by molar-refractivity contribution is 9.10. The standard InChI is InChI=1S/C17H25BrN2O2.ClH/c1-2-12(8-13-4-3-5-14(18)9-13)11-20-17(21)16-7-6-15(10-19)22-16;/h3-5,9,12,15-16H,2,6-8,10-11,19H2,1H3,(H,20,21);1H/t12?,15-,16+;/m1./s1. The van der Waals surface area contributed by atoms with Crippen molar-refractivity contribution in [2.24, 2.45) is 11.7 Å². The van der Waals surface area contributed by atoms with E-state index >= 15 is 0 Å². The second-order valence-electron chi connectivity index (χ2n) is 5.91. The van der Waals surface area contributed by atoms with Crippen molar-refractivity contribution in [2.45, 2.75) is 44.8 Å². The van der Waals surface area contributed by atoms with Crippen LogP contribution in [0.3, 0.4) is 0 Å². The van der Waals surface area contributed by atoms with Crippen molar-refractivity contribution in [1.29, 1.82) is 0 Å². The Labute approximate surface area is 153 Å². The van der Waals surface area contributed by atoms with Gasteiger partial charge in [0.25, 0.3) is 0 Å². The van der Waals surface area contributed by atoms with Crippen LogP contribution in [0.5, 0.6) is 0 Å². The Balaban J connectivity index is 0.00000264. The van der Waals surface area contributed by atoms with Crippen LogP contribution in [-0.4, -0.2) is 31.2 Å². The maximum absolute atomic E-state index is 12.1. The summed E-state index contributed by atoms with van der Waals surface area (Å²) in [4.78, 5) is 12.1. The molecule has 0 bridgehead atoms. The number of hydrogen-bond acceptors (Lipinski definition) is 3. The van der Waals surface area contributed by atoms with Crippen molar-refractivity contribution in [2.75, 3.05) is 13.1 Å². The van der Waals surface area contributed by atoms with Gasteiger partial charge in [-0.1, -0.05) is 41.4 Å². The Hall–Kier alpha value is -0.620. The van der Waals surface area contributed by atoms with Gasteiger partial charge in [0.05, 0.1) is 6.10 Å². The van der Waals surface area contributed by atoms with E-state index < -0.39 is 0 Å². The summed E-state index contributed by atoms with van der Waals surface area (Å²) in [5, 5.41) is 3.04. The Bertz CT molecular complexity index is 501. The van der Waals surface area contributed by atoms with E-state index in [2.05, 4.69) is 40.3 Å². The first-order valence-electron chi connectivity index (χ1n) is 8.00. The lowest BCUT2D eigenvalue weighted by Crippen LogP contribution is -2.38. The molecule has 1 unspecified atom stereocenters. The predicted molar refractivity (Wildman–Crippen MR) is 98.8 cm³/mol. The molecule has 6 heteroatoms. The molecule has 1 aromatic carbocycles. The molecule has 1 amide bonds. The molecule has 0 aliphatic carbocycles. The fraction of sp³-hybridized carbons (Fsp3) is 0.588. The predicted octanol–water partition coefficient (Wildman–Crippen LogP) is 3.06. The normalized spacial score (nSPS) is 21.5. The van der Waals surface area contributed by atoms with Gasteiger partial charge < -0.3 is 15.8 Å². The smallest absolute Gasteiger partial charge is 0.249 e. The van der Waals surface area contributed by atoms with Crippen LogP contribution < -0.4 is 11.1 Å². The van der Waals surface area contributed by atoms with E-state index in [4.69, 9.17) is 10.5 Å². The van der Waals surface area contributed by atoms with Crippen molar-refractivity contribution in [3.8, 4) is 0 Å². The van der Waals surface area contributed by atoms with E-state index in [9.17, 15) is 4.79 Å². The maximum Gasteiger partial charge on any atom is 0.249 e. The lowest BCUT2D eigenvalue weighted by molar-refractivity contribution is -0.132. The van der Waals surface area contributed by atoms with E-state index in [-0.39, 0.29) is 30.5 Å². The topological polar surface area (TPSA) is 64.4 Å². The summed E-state index contributed by atoms with van der Waals surface area (Å²) in [6, 6.07) is 8.33. The van der Waals surface area contributed by atoms with Gasteiger partial charge in [0.1, 0.15) is 6.10 Å². The number of hydrogen-bond donors (Lipinski definition) is 2. The van der Waals surface area contributed by atoms with Crippen LogP contribution in [0.2, 0.25) is 0 Å². The zero-order valence-electron chi connectivity index (χ0n) is 13.5. The Morgan fingerprint density at radius 2 is 2.26 bits per heavy atom. The molecular weight excluding hydrogens is 380 g/mol. The van der Waals surface area contributed by atoms with Gasteiger partial charge in [0, 0.05) is 17.6 Å². The molecular formula is C17H26BrClN2O2. The summed E-state index contributed by atoms with van der Waals surface area (Å²) in [7, 11) is 0. The van der Waals surface area contributed by atoms with E-state index in [0.29, 0.717) is 19.0 Å². The second-order valence-corrected chi connectivity index (χ2v) is 6.83. The van der Waals surface area contributed by atoms with Crippen molar-refractivity contribution in [3.63, 3.8) is 0 Å². The van der Waals surface area contributed by atoms with Gasteiger partial charge in [0.2, 0.25) is 5.91 Å². The monoisotopic (exact) mass is 404 g/mol. The highest BCUT2D eigenvalue weighted by atomic mass is 79.9. The SMILES string of the molecule is CCC(CNC(=O)[C@@H]1CC[C@H](CN)O1)Cc1cccc(Br)c1.Cl. The first-order chi connectivity index (χ1) is 10.6. The summed E-state index contributed by atoms with van der Waals surface area (Å²) < 4.78 is 6.72. The molecule has 0 radical (unpaired) electrons. The zero-order chi connectivity index (χ0) is 15.9. The number of carbonyl (C=O) groups excluding carboxylic acids is 1. The van der Waals surface area contributed by atoms with Gasteiger partial charge in [0.15, 0.2) is 0 Å². The van der Waals surface area contributed by atoms with Crippen LogP contribution in [-0.2, 0) is 16.0 Å². The first-order valence-corrected chi connectivity index (χ1v) is 8.79. The molecule has 1 saturated heterocycles. The number of amides is 1. The number of rotatable bonds is 7. The molecule has 1 heterocycles. The molecule has 1 aliphatic rings. The van der Waals surface area contributed by atoms with Gasteiger partial charge in [-0.15, -0.1) is 12.4 Å². The third-order valence-corrected chi connectivity index (χ3v) is 4.71. The molecule has 2 rings (SSSR count). The summed E-state index contributed by atoms with van der Waals surface area (Å²) >= 11 is 3.50. The summed E-state index contributed by atoms with van der Waals surface area (Å²) in [6.45, 7) is 3.34. The molecule has 1 aromatic rings. The van der Waals surface area contributed by atoms with Gasteiger partial charge in [-0.3, -0.25) is 4.79 Å². The maximum atomic E-state index is 12.1. The lowest BCUT2D eigenvalue weighted by Gasteiger charge is -2.18. The van der Waals surface area contributed by atoms with Crippen molar-refractivity contribution in [3.05, 3.63) is 34.3 Å². The van der Waals surface area contributed by atoms with Crippen LogP contribution in [0.1, 0.15) is 31.7 Å². The molecule has 23 heavy (non-hydrogen) atoms. The number of nitrogens with one attached hydrogen (secondary N) is 1. The second kappa shape index (κ2) is 10.3. The van der Waals surface area contributed by atoms with Crippen LogP contribution in [0.25, 0.3) is 0 Å². The van der Waals surface area contributed by atoms with Gasteiger partial charge in [-0.25, -0.2) is 0 Å². The first kappa shape index (κ1) is 20.4. The molecule has 1 aliphatic heterocycles. The van der Waals surface area contributed by atoms with Crippen molar-refractivity contribution < 1.29 is 9.53 Å². The highest BCUT2D eigenvalue weighted by Gasteiger charge is 2.29. The molecule has 0 spiro atoms. The number of ether oxygens (including phenoxy) is 1. The minimum absolute atomic E-state index is 0. The molecule has 3 atom stereocenters. The lowest BCUT2D eigenvalue weighted by atomic mass is 9.97. The fourth-order valence-corrected chi connectivity index (χ4v) is 3.24. The number of benzene rings is 1.